The Labute approximate surface area is 177 Å². The summed E-state index contributed by atoms with van der Waals surface area (Å²) in [6.45, 7) is 2.09. The second-order valence-electron chi connectivity index (χ2n) is 6.55. The second kappa shape index (κ2) is 9.16. The monoisotopic (exact) mass is 427 g/mol. The molecule has 0 spiro atoms. The van der Waals surface area contributed by atoms with Gasteiger partial charge in [0.25, 0.3) is 10.0 Å². The number of hydrogen-bond acceptors (Lipinski definition) is 3. The number of aryl methyl sites for hydroxylation is 1. The molecule has 0 heterocycles. The van der Waals surface area contributed by atoms with Crippen molar-refractivity contribution in [3.63, 3.8) is 0 Å². The molecule has 6 heteroatoms. The van der Waals surface area contributed by atoms with Crippen LogP contribution in [0.15, 0.2) is 90.0 Å². The molecule has 0 aliphatic heterocycles. The highest BCUT2D eigenvalue weighted by Crippen LogP contribution is 2.26. The van der Waals surface area contributed by atoms with Crippen molar-refractivity contribution in [1.29, 1.82) is 0 Å². The minimum atomic E-state index is -3.78. The Kier molecular flexibility index (Phi) is 6.62. The zero-order valence-electron chi connectivity index (χ0n) is 16.2. The Balaban J connectivity index is 2.01. The molecule has 150 valence electrons. The summed E-state index contributed by atoms with van der Waals surface area (Å²) in [7, 11) is -2.20. The minimum Gasteiger partial charge on any atom is -0.497 e. The van der Waals surface area contributed by atoms with Gasteiger partial charge in [0.15, 0.2) is 0 Å². The molecule has 0 atom stereocenters. The van der Waals surface area contributed by atoms with Gasteiger partial charge in [0.1, 0.15) is 5.75 Å². The fraction of sp³-hybridized carbons (Fsp3) is 0.130. The highest BCUT2D eigenvalue weighted by Gasteiger charge is 2.22. The van der Waals surface area contributed by atoms with Gasteiger partial charge in [0, 0.05) is 6.20 Å². The highest BCUT2D eigenvalue weighted by atomic mass is 35.5. The summed E-state index contributed by atoms with van der Waals surface area (Å²) in [5.41, 5.74) is 2.55. The lowest BCUT2D eigenvalue weighted by Gasteiger charge is -2.21. The Bertz CT molecular complexity index is 1080. The summed E-state index contributed by atoms with van der Waals surface area (Å²) in [6.07, 6.45) is 1.46. The lowest BCUT2D eigenvalue weighted by molar-refractivity contribution is 0.415. The van der Waals surface area contributed by atoms with Crippen LogP contribution in [0.2, 0.25) is 0 Å². The number of ether oxygens (including phenoxy) is 1. The van der Waals surface area contributed by atoms with Crippen LogP contribution in [0, 0.1) is 6.92 Å². The molecule has 3 aromatic carbocycles. The van der Waals surface area contributed by atoms with E-state index in [4.69, 9.17) is 16.3 Å². The van der Waals surface area contributed by atoms with Crippen LogP contribution in [0.3, 0.4) is 0 Å². The van der Waals surface area contributed by atoms with Crippen LogP contribution in [-0.2, 0) is 16.6 Å². The first-order valence-electron chi connectivity index (χ1n) is 9.04. The van der Waals surface area contributed by atoms with Crippen molar-refractivity contribution < 1.29 is 13.2 Å². The van der Waals surface area contributed by atoms with E-state index >= 15 is 0 Å². The van der Waals surface area contributed by atoms with E-state index in [1.54, 1.807) is 55.6 Å². The van der Waals surface area contributed by atoms with Crippen molar-refractivity contribution in [3.05, 3.63) is 102 Å². The van der Waals surface area contributed by atoms with E-state index in [2.05, 4.69) is 0 Å². The largest absolute Gasteiger partial charge is 0.497 e. The summed E-state index contributed by atoms with van der Waals surface area (Å²) in [5, 5.41) is 0.319. The average molecular weight is 428 g/mol. The van der Waals surface area contributed by atoms with Gasteiger partial charge in [0.05, 0.1) is 23.6 Å². The third kappa shape index (κ3) is 5.19. The average Bonchev–Trinajstić information content (AvgIpc) is 2.74. The minimum absolute atomic E-state index is 0.170. The standard InChI is InChI=1S/C23H22ClNO3S/c1-18-8-14-22(15-9-18)29(26,27)25(16-19-6-4-3-5-7-19)17-23(24)20-10-12-21(28-2)13-11-20/h3-15,17H,16H2,1-2H3/b23-17-. The Hall–Kier alpha value is -2.76. The highest BCUT2D eigenvalue weighted by molar-refractivity contribution is 7.89. The molecule has 0 unspecified atom stereocenters. The summed E-state index contributed by atoms with van der Waals surface area (Å²) in [4.78, 5) is 0.217. The van der Waals surface area contributed by atoms with Gasteiger partial charge >= 0.3 is 0 Å². The quantitative estimate of drug-likeness (QED) is 0.505. The zero-order valence-corrected chi connectivity index (χ0v) is 17.8. The number of sulfonamides is 1. The summed E-state index contributed by atoms with van der Waals surface area (Å²) >= 11 is 6.50. The first-order valence-corrected chi connectivity index (χ1v) is 10.9. The maximum absolute atomic E-state index is 13.3. The second-order valence-corrected chi connectivity index (χ2v) is 8.85. The van der Waals surface area contributed by atoms with E-state index in [9.17, 15) is 8.42 Å². The van der Waals surface area contributed by atoms with E-state index in [0.717, 1.165) is 11.1 Å². The number of benzene rings is 3. The Morgan fingerprint density at radius 3 is 2.17 bits per heavy atom. The van der Waals surface area contributed by atoms with Crippen LogP contribution in [0.4, 0.5) is 0 Å². The smallest absolute Gasteiger partial charge is 0.264 e. The van der Waals surface area contributed by atoms with E-state index in [1.807, 2.05) is 37.3 Å². The SMILES string of the molecule is COc1ccc(/C(Cl)=C/N(Cc2ccccc2)S(=O)(=O)c2ccc(C)cc2)cc1. The number of hydrogen-bond donors (Lipinski definition) is 0. The number of halogens is 1. The number of rotatable bonds is 7. The molecule has 0 aliphatic carbocycles. The van der Waals surface area contributed by atoms with Crippen LogP contribution in [0.1, 0.15) is 16.7 Å². The molecule has 0 aromatic heterocycles. The molecule has 3 rings (SSSR count). The Morgan fingerprint density at radius 2 is 1.59 bits per heavy atom. The lowest BCUT2D eigenvalue weighted by Crippen LogP contribution is -2.26. The summed E-state index contributed by atoms with van der Waals surface area (Å²) in [6, 6.07) is 23.3. The maximum atomic E-state index is 13.3. The number of nitrogens with zero attached hydrogens (tertiary/aromatic N) is 1. The van der Waals surface area contributed by atoms with Gasteiger partial charge in [-0.25, -0.2) is 8.42 Å². The van der Waals surface area contributed by atoms with Crippen LogP contribution >= 0.6 is 11.6 Å². The molecule has 0 fully saturated rings. The van der Waals surface area contributed by atoms with Gasteiger partial charge in [-0.1, -0.05) is 59.6 Å². The van der Waals surface area contributed by atoms with Gasteiger partial charge in [-0.2, -0.15) is 0 Å². The van der Waals surface area contributed by atoms with Crippen molar-refractivity contribution in [2.75, 3.05) is 7.11 Å². The van der Waals surface area contributed by atoms with Crippen molar-refractivity contribution in [2.45, 2.75) is 18.4 Å². The molecule has 4 nitrogen and oxygen atoms in total. The molecule has 0 radical (unpaired) electrons. The molecule has 0 bridgehead atoms. The fourth-order valence-electron chi connectivity index (χ4n) is 2.76. The lowest BCUT2D eigenvalue weighted by atomic mass is 10.2. The first-order chi connectivity index (χ1) is 13.9. The molecule has 0 saturated carbocycles. The zero-order chi connectivity index (χ0) is 20.9. The first kappa shape index (κ1) is 21.0. The van der Waals surface area contributed by atoms with E-state index in [-0.39, 0.29) is 11.4 Å². The van der Waals surface area contributed by atoms with Crippen LogP contribution in [-0.4, -0.2) is 19.8 Å². The summed E-state index contributed by atoms with van der Waals surface area (Å²) in [5.74, 6) is 0.701. The molecule has 3 aromatic rings. The van der Waals surface area contributed by atoms with Crippen LogP contribution < -0.4 is 4.74 Å². The van der Waals surface area contributed by atoms with Crippen molar-refractivity contribution in [3.8, 4) is 5.75 Å². The molecule has 0 aliphatic rings. The van der Waals surface area contributed by atoms with Gasteiger partial charge in [-0.3, -0.25) is 4.31 Å². The van der Waals surface area contributed by atoms with Gasteiger partial charge in [-0.05, 0) is 54.4 Å². The van der Waals surface area contributed by atoms with E-state index in [0.29, 0.717) is 16.3 Å². The van der Waals surface area contributed by atoms with Gasteiger partial charge in [-0.15, -0.1) is 0 Å². The molecular weight excluding hydrogens is 406 g/mol. The Morgan fingerprint density at radius 1 is 0.966 bits per heavy atom. The molecule has 0 N–H and O–H groups in total. The summed E-state index contributed by atoms with van der Waals surface area (Å²) < 4.78 is 33.1. The van der Waals surface area contributed by atoms with Gasteiger partial charge in [0.2, 0.25) is 0 Å². The third-order valence-electron chi connectivity index (χ3n) is 4.43. The fourth-order valence-corrected chi connectivity index (χ4v) is 4.38. The van der Waals surface area contributed by atoms with Gasteiger partial charge < -0.3 is 4.74 Å². The third-order valence-corrected chi connectivity index (χ3v) is 6.47. The van der Waals surface area contributed by atoms with E-state index < -0.39 is 10.0 Å². The molecule has 29 heavy (non-hydrogen) atoms. The predicted octanol–water partition coefficient (Wildman–Crippen LogP) is 5.43. The molecule has 0 saturated heterocycles. The molecular formula is C23H22ClNO3S. The van der Waals surface area contributed by atoms with Crippen molar-refractivity contribution >= 4 is 26.7 Å². The van der Waals surface area contributed by atoms with Crippen molar-refractivity contribution in [2.24, 2.45) is 0 Å². The normalized spacial score (nSPS) is 11.9. The van der Waals surface area contributed by atoms with E-state index in [1.165, 1.54) is 10.5 Å². The van der Waals surface area contributed by atoms with Crippen molar-refractivity contribution in [1.82, 2.24) is 4.31 Å². The topological polar surface area (TPSA) is 46.6 Å². The van der Waals surface area contributed by atoms with Crippen LogP contribution in [0.5, 0.6) is 5.75 Å². The number of methoxy groups -OCH3 is 1. The predicted molar refractivity (Wildman–Crippen MR) is 117 cm³/mol. The maximum Gasteiger partial charge on any atom is 0.264 e. The molecule has 0 amide bonds. The van der Waals surface area contributed by atoms with Crippen LogP contribution in [0.25, 0.3) is 5.03 Å².